The molecule has 2 aliphatic rings. The third-order valence-corrected chi connectivity index (χ3v) is 8.19. The van der Waals surface area contributed by atoms with Gasteiger partial charge in [-0.3, -0.25) is 5.21 Å². The van der Waals surface area contributed by atoms with Gasteiger partial charge in [-0.25, -0.2) is 13.2 Å². The Morgan fingerprint density at radius 2 is 2.07 bits per heavy atom. The third kappa shape index (κ3) is 3.99. The molecule has 9 heteroatoms. The number of hydrogen-bond acceptors (Lipinski definition) is 5. The second-order valence-corrected chi connectivity index (χ2v) is 9.94. The maximum Gasteiger partial charge on any atom is 0.346 e. The Hall–Kier alpha value is -1.61. The summed E-state index contributed by atoms with van der Waals surface area (Å²) in [5.74, 6) is 0. The van der Waals surface area contributed by atoms with Crippen molar-refractivity contribution in [2.75, 3.05) is 18.3 Å². The molecule has 1 aliphatic heterocycles. The lowest BCUT2D eigenvalue weighted by Crippen LogP contribution is -2.43. The van der Waals surface area contributed by atoms with Crippen molar-refractivity contribution in [1.82, 2.24) is 5.32 Å². The van der Waals surface area contributed by atoms with E-state index in [4.69, 9.17) is 16.3 Å². The zero-order valence-electron chi connectivity index (χ0n) is 15.0. The molecule has 1 aliphatic carbocycles. The molecular formula is C18H23ClN2O5S. The van der Waals surface area contributed by atoms with Crippen LogP contribution >= 0.6 is 11.6 Å². The van der Waals surface area contributed by atoms with E-state index < -0.39 is 20.6 Å². The van der Waals surface area contributed by atoms with Crippen molar-refractivity contribution in [3.05, 3.63) is 35.4 Å². The molecule has 0 bridgehead atoms. The minimum Gasteiger partial charge on any atom is -0.381 e. The average Bonchev–Trinajstić information content (AvgIpc) is 3.06. The first kappa shape index (κ1) is 20.1. The molecule has 1 atom stereocenters. The molecule has 1 unspecified atom stereocenters. The first-order valence-corrected chi connectivity index (χ1v) is 10.7. The van der Waals surface area contributed by atoms with Crippen LogP contribution in [-0.4, -0.2) is 43.7 Å². The Labute approximate surface area is 163 Å². The molecule has 1 heterocycles. The van der Waals surface area contributed by atoms with Gasteiger partial charge in [0.25, 0.3) is 0 Å². The highest BCUT2D eigenvalue weighted by atomic mass is 35.5. The highest BCUT2D eigenvalue weighted by molar-refractivity contribution is 7.92. The van der Waals surface area contributed by atoms with Crippen molar-refractivity contribution in [3.8, 4) is 0 Å². The maximum atomic E-state index is 13.1. The number of hydrogen-bond donors (Lipinski definition) is 2. The van der Waals surface area contributed by atoms with Gasteiger partial charge in [-0.1, -0.05) is 23.7 Å². The van der Waals surface area contributed by atoms with Crippen molar-refractivity contribution in [2.24, 2.45) is 0 Å². The number of urea groups is 1. The molecular weight excluding hydrogens is 392 g/mol. The summed E-state index contributed by atoms with van der Waals surface area (Å²) in [6.45, 7) is 2.48. The fourth-order valence-corrected chi connectivity index (χ4v) is 5.35. The molecule has 2 amide bonds. The summed E-state index contributed by atoms with van der Waals surface area (Å²) in [5.41, 5.74) is 0.0716. The summed E-state index contributed by atoms with van der Waals surface area (Å²) >= 11 is 6.02. The monoisotopic (exact) mass is 414 g/mol. The van der Waals surface area contributed by atoms with Crippen LogP contribution in [0.15, 0.2) is 40.3 Å². The van der Waals surface area contributed by atoms with E-state index in [-0.39, 0.29) is 16.6 Å². The van der Waals surface area contributed by atoms with Crippen LogP contribution in [0.4, 0.5) is 10.5 Å². The van der Waals surface area contributed by atoms with E-state index in [9.17, 15) is 18.4 Å². The summed E-state index contributed by atoms with van der Waals surface area (Å²) in [6.07, 6.45) is 4.03. The van der Waals surface area contributed by atoms with Gasteiger partial charge in [-0.15, -0.1) is 0 Å². The van der Waals surface area contributed by atoms with Crippen molar-refractivity contribution in [1.29, 1.82) is 0 Å². The number of benzene rings is 1. The number of amides is 2. The number of anilines is 1. The lowest BCUT2D eigenvalue weighted by molar-refractivity contribution is 0.0789. The largest absolute Gasteiger partial charge is 0.381 e. The van der Waals surface area contributed by atoms with Gasteiger partial charge in [0, 0.05) is 18.2 Å². The molecule has 0 aromatic heterocycles. The molecule has 1 saturated heterocycles. The molecule has 0 spiro atoms. The van der Waals surface area contributed by atoms with Gasteiger partial charge in [0.05, 0.1) is 21.4 Å². The number of ether oxygens (including phenoxy) is 1. The topological polar surface area (TPSA) is 95.9 Å². The summed E-state index contributed by atoms with van der Waals surface area (Å²) < 4.78 is 30.5. The Morgan fingerprint density at radius 3 is 2.70 bits per heavy atom. The van der Waals surface area contributed by atoms with Crippen LogP contribution in [0.3, 0.4) is 0 Å². The number of hydroxylamine groups is 1. The zero-order chi connectivity index (χ0) is 19.7. The predicted octanol–water partition coefficient (Wildman–Crippen LogP) is 3.22. The minimum absolute atomic E-state index is 0.0649. The van der Waals surface area contributed by atoms with E-state index in [0.717, 1.165) is 6.42 Å². The molecule has 0 saturated carbocycles. The standard InChI is InChI=1S/C18H23ClN2O5S/c1-18(8-10-26-11-9-18)27(24,25)14-5-2-4-13(12-14)21(23)17(22)20-16-7-3-6-15(16)19/h2,4-6,12,16,23H,3,7-11H2,1H3,(H,20,22). The number of nitrogens with one attached hydrogen (secondary N) is 1. The van der Waals surface area contributed by atoms with Gasteiger partial charge in [-0.2, -0.15) is 5.06 Å². The van der Waals surface area contributed by atoms with E-state index in [1.165, 1.54) is 24.3 Å². The van der Waals surface area contributed by atoms with Gasteiger partial charge in [0.15, 0.2) is 9.84 Å². The lowest BCUT2D eigenvalue weighted by atomic mass is 10.0. The molecule has 1 aromatic rings. The van der Waals surface area contributed by atoms with Gasteiger partial charge in [-0.05, 0) is 50.8 Å². The molecule has 7 nitrogen and oxygen atoms in total. The van der Waals surface area contributed by atoms with Crippen LogP contribution in [0.5, 0.6) is 0 Å². The van der Waals surface area contributed by atoms with Gasteiger partial charge >= 0.3 is 6.03 Å². The van der Waals surface area contributed by atoms with Crippen LogP contribution < -0.4 is 10.4 Å². The molecule has 2 N–H and O–H groups in total. The van der Waals surface area contributed by atoms with E-state index in [2.05, 4.69) is 5.32 Å². The number of allylic oxidation sites excluding steroid dienone is 1. The predicted molar refractivity (Wildman–Crippen MR) is 102 cm³/mol. The van der Waals surface area contributed by atoms with Gasteiger partial charge < -0.3 is 10.1 Å². The van der Waals surface area contributed by atoms with Gasteiger partial charge in [0.1, 0.15) is 0 Å². The number of rotatable bonds is 4. The lowest BCUT2D eigenvalue weighted by Gasteiger charge is -2.33. The minimum atomic E-state index is -3.65. The van der Waals surface area contributed by atoms with E-state index in [1.807, 2.05) is 6.08 Å². The van der Waals surface area contributed by atoms with Gasteiger partial charge in [0.2, 0.25) is 0 Å². The Balaban J connectivity index is 1.80. The zero-order valence-corrected chi connectivity index (χ0v) is 16.6. The smallest absolute Gasteiger partial charge is 0.346 e. The maximum absolute atomic E-state index is 13.1. The number of nitrogens with zero attached hydrogens (tertiary/aromatic N) is 1. The second kappa shape index (κ2) is 7.79. The number of carbonyl (C=O) groups is 1. The highest BCUT2D eigenvalue weighted by Gasteiger charge is 2.41. The van der Waals surface area contributed by atoms with Crippen molar-refractivity contribution < 1.29 is 23.2 Å². The van der Waals surface area contributed by atoms with E-state index in [0.29, 0.717) is 42.6 Å². The van der Waals surface area contributed by atoms with Crippen LogP contribution in [0, 0.1) is 0 Å². The summed E-state index contributed by atoms with van der Waals surface area (Å²) in [5, 5.41) is 13.8. The normalized spacial score (nSPS) is 22.2. The van der Waals surface area contributed by atoms with Crippen molar-refractivity contribution in [3.63, 3.8) is 0 Å². The first-order valence-electron chi connectivity index (χ1n) is 8.82. The Bertz CT molecular complexity index is 849. The number of carbonyl (C=O) groups excluding carboxylic acids is 1. The summed E-state index contributed by atoms with van der Waals surface area (Å²) in [4.78, 5) is 12.3. The third-order valence-electron chi connectivity index (χ3n) is 5.19. The molecule has 3 rings (SSSR count). The summed E-state index contributed by atoms with van der Waals surface area (Å²) in [7, 11) is -3.65. The quantitative estimate of drug-likeness (QED) is 0.582. The number of sulfone groups is 1. The molecule has 27 heavy (non-hydrogen) atoms. The molecule has 1 aromatic carbocycles. The Kier molecular flexibility index (Phi) is 5.81. The first-order chi connectivity index (χ1) is 12.7. The van der Waals surface area contributed by atoms with E-state index >= 15 is 0 Å². The van der Waals surface area contributed by atoms with Crippen LogP contribution in [0.1, 0.15) is 32.6 Å². The molecule has 148 valence electrons. The fourth-order valence-electron chi connectivity index (χ4n) is 3.28. The molecule has 1 fully saturated rings. The molecule has 0 radical (unpaired) electrons. The van der Waals surface area contributed by atoms with Crippen molar-refractivity contribution >= 4 is 33.2 Å². The van der Waals surface area contributed by atoms with E-state index in [1.54, 1.807) is 6.92 Å². The van der Waals surface area contributed by atoms with Crippen molar-refractivity contribution in [2.45, 2.75) is 48.3 Å². The van der Waals surface area contributed by atoms with Crippen LogP contribution in [-0.2, 0) is 14.6 Å². The van der Waals surface area contributed by atoms with Crippen LogP contribution in [0.25, 0.3) is 0 Å². The average molecular weight is 415 g/mol. The Morgan fingerprint density at radius 1 is 1.37 bits per heavy atom. The number of halogens is 1. The SMILES string of the molecule is CC1(S(=O)(=O)c2cccc(N(O)C(=O)NC3CCC=C3Cl)c2)CCOCC1. The van der Waals surface area contributed by atoms with Crippen LogP contribution in [0.2, 0.25) is 0 Å². The summed E-state index contributed by atoms with van der Waals surface area (Å²) in [6, 6.07) is 4.65. The fraction of sp³-hybridized carbons (Fsp3) is 0.500. The second-order valence-electron chi connectivity index (χ2n) is 7.04. The highest BCUT2D eigenvalue weighted by Crippen LogP contribution is 2.35.